The van der Waals surface area contributed by atoms with Gasteiger partial charge in [-0.15, -0.1) is 0 Å². The Bertz CT molecular complexity index is 886. The highest BCUT2D eigenvalue weighted by molar-refractivity contribution is 7.92. The van der Waals surface area contributed by atoms with Crippen LogP contribution in [0.5, 0.6) is 11.5 Å². The lowest BCUT2D eigenvalue weighted by Crippen LogP contribution is -2.14. The van der Waals surface area contributed by atoms with Crippen molar-refractivity contribution in [3.8, 4) is 11.5 Å². The van der Waals surface area contributed by atoms with Crippen molar-refractivity contribution in [2.75, 3.05) is 4.72 Å². The van der Waals surface area contributed by atoms with E-state index < -0.39 is 49.7 Å². The number of aryl methyl sites for hydroxylation is 1. The Balaban J connectivity index is 2.34. The number of aliphatic carboxylic acids is 1. The Kier molecular flexibility index (Phi) is 5.12. The van der Waals surface area contributed by atoms with E-state index in [4.69, 9.17) is 5.11 Å². The van der Waals surface area contributed by atoms with Crippen molar-refractivity contribution in [3.63, 3.8) is 0 Å². The molecule has 0 amide bonds. The highest BCUT2D eigenvalue weighted by Gasteiger charge is 2.21. The fourth-order valence-corrected chi connectivity index (χ4v) is 3.18. The average Bonchev–Trinajstić information content (AvgIpc) is 2.48. The summed E-state index contributed by atoms with van der Waals surface area (Å²) >= 11 is 0. The van der Waals surface area contributed by atoms with Gasteiger partial charge in [-0.3, -0.25) is 9.52 Å². The molecule has 0 spiro atoms. The van der Waals surface area contributed by atoms with Crippen molar-refractivity contribution >= 4 is 21.7 Å². The number of rotatable bonds is 6. The minimum atomic E-state index is -4.49. The summed E-state index contributed by atoms with van der Waals surface area (Å²) in [6, 6.07) is 3.78. The zero-order valence-corrected chi connectivity index (χ0v) is 13.3. The summed E-state index contributed by atoms with van der Waals surface area (Å²) in [5.41, 5.74) is -0.333. The molecule has 134 valence electrons. The van der Waals surface area contributed by atoms with Crippen LogP contribution >= 0.6 is 0 Å². The molecule has 0 fully saturated rings. The quantitative estimate of drug-likeness (QED) is 0.576. The predicted octanol–water partition coefficient (Wildman–Crippen LogP) is 2.19. The SMILES string of the molecule is O=C(O)CCc1cc(O)c(NS(=O)(=O)c2cc(F)cc(F)c2)c(O)c1. The maximum absolute atomic E-state index is 13.2. The van der Waals surface area contributed by atoms with Gasteiger partial charge in [-0.2, -0.15) is 0 Å². The number of carboxylic acid groups (broad SMARTS) is 1. The van der Waals surface area contributed by atoms with Gasteiger partial charge in [-0.1, -0.05) is 0 Å². The topological polar surface area (TPSA) is 124 Å². The lowest BCUT2D eigenvalue weighted by molar-refractivity contribution is -0.136. The number of benzene rings is 2. The molecule has 0 aromatic heterocycles. The van der Waals surface area contributed by atoms with Crippen molar-refractivity contribution in [2.45, 2.75) is 17.7 Å². The minimum absolute atomic E-state index is 0.00140. The van der Waals surface area contributed by atoms with Gasteiger partial charge in [0.25, 0.3) is 10.0 Å². The van der Waals surface area contributed by atoms with Gasteiger partial charge >= 0.3 is 5.97 Å². The molecule has 4 N–H and O–H groups in total. The fraction of sp³-hybridized carbons (Fsp3) is 0.133. The van der Waals surface area contributed by atoms with Crippen LogP contribution < -0.4 is 4.72 Å². The van der Waals surface area contributed by atoms with E-state index in [9.17, 15) is 32.2 Å². The average molecular weight is 373 g/mol. The standard InChI is InChI=1S/C15H13F2NO6S/c16-9-5-10(17)7-11(6-9)25(23,24)18-15-12(19)3-8(4-13(15)20)1-2-14(21)22/h3-7,18-20H,1-2H2,(H,21,22). The number of nitrogens with one attached hydrogen (secondary N) is 1. The van der Waals surface area contributed by atoms with E-state index in [-0.39, 0.29) is 18.4 Å². The van der Waals surface area contributed by atoms with E-state index in [0.717, 1.165) is 12.1 Å². The summed E-state index contributed by atoms with van der Waals surface area (Å²) in [6.45, 7) is 0. The third-order valence-electron chi connectivity index (χ3n) is 3.17. The maximum Gasteiger partial charge on any atom is 0.303 e. The summed E-state index contributed by atoms with van der Waals surface area (Å²) < 4.78 is 52.5. The molecule has 10 heteroatoms. The number of sulfonamides is 1. The lowest BCUT2D eigenvalue weighted by Gasteiger charge is -2.13. The highest BCUT2D eigenvalue weighted by Crippen LogP contribution is 2.36. The Morgan fingerprint density at radius 3 is 2.00 bits per heavy atom. The molecule has 2 rings (SSSR count). The minimum Gasteiger partial charge on any atom is -0.506 e. The Morgan fingerprint density at radius 2 is 1.52 bits per heavy atom. The van der Waals surface area contributed by atoms with Gasteiger partial charge in [-0.25, -0.2) is 17.2 Å². The number of carboxylic acids is 1. The zero-order chi connectivity index (χ0) is 18.8. The first-order valence-corrected chi connectivity index (χ1v) is 8.32. The van der Waals surface area contributed by atoms with Crippen LogP contribution in [0.15, 0.2) is 35.2 Å². The fourth-order valence-electron chi connectivity index (χ4n) is 2.05. The molecule has 0 saturated heterocycles. The van der Waals surface area contributed by atoms with Gasteiger partial charge in [0.1, 0.15) is 28.8 Å². The van der Waals surface area contributed by atoms with Crippen molar-refractivity contribution in [2.24, 2.45) is 0 Å². The largest absolute Gasteiger partial charge is 0.506 e. The third-order valence-corrected chi connectivity index (χ3v) is 4.50. The second-order valence-electron chi connectivity index (χ2n) is 5.11. The molecule has 0 aliphatic rings. The van der Waals surface area contributed by atoms with Crippen LogP contribution in [0, 0.1) is 11.6 Å². The summed E-state index contributed by atoms with van der Waals surface area (Å²) in [4.78, 5) is 9.79. The first kappa shape index (κ1) is 18.5. The van der Waals surface area contributed by atoms with E-state index in [1.54, 1.807) is 0 Å². The summed E-state index contributed by atoms with van der Waals surface area (Å²) in [5.74, 6) is -4.64. The van der Waals surface area contributed by atoms with Crippen LogP contribution in [0.1, 0.15) is 12.0 Å². The molecule has 0 saturated carbocycles. The summed E-state index contributed by atoms with van der Waals surface area (Å²) in [6.07, 6.45) is -0.259. The van der Waals surface area contributed by atoms with Crippen LogP contribution in [-0.4, -0.2) is 29.7 Å². The van der Waals surface area contributed by atoms with Gasteiger partial charge in [-0.05, 0) is 36.2 Å². The molecule has 0 radical (unpaired) electrons. The van der Waals surface area contributed by atoms with Crippen LogP contribution in [0.4, 0.5) is 14.5 Å². The van der Waals surface area contributed by atoms with E-state index in [1.165, 1.54) is 0 Å². The van der Waals surface area contributed by atoms with Crippen molar-refractivity contribution < 1.29 is 37.3 Å². The molecule has 0 heterocycles. The second kappa shape index (κ2) is 6.93. The van der Waals surface area contributed by atoms with Gasteiger partial charge in [0.15, 0.2) is 0 Å². The van der Waals surface area contributed by atoms with Gasteiger partial charge < -0.3 is 15.3 Å². The Labute approximate surface area is 141 Å². The number of hydrogen-bond acceptors (Lipinski definition) is 5. The number of phenols is 2. The lowest BCUT2D eigenvalue weighted by atomic mass is 10.1. The molecule has 0 atom stereocenters. The van der Waals surface area contributed by atoms with Crippen molar-refractivity contribution in [3.05, 3.63) is 47.5 Å². The van der Waals surface area contributed by atoms with Crippen LogP contribution in [0.25, 0.3) is 0 Å². The Hall–Kier alpha value is -2.88. The number of hydrogen-bond donors (Lipinski definition) is 4. The normalized spacial score (nSPS) is 11.3. The zero-order valence-electron chi connectivity index (χ0n) is 12.5. The smallest absolute Gasteiger partial charge is 0.303 e. The maximum atomic E-state index is 13.2. The van der Waals surface area contributed by atoms with E-state index in [0.29, 0.717) is 18.2 Å². The molecule has 7 nitrogen and oxygen atoms in total. The summed E-state index contributed by atoms with van der Waals surface area (Å²) in [7, 11) is -4.49. The number of phenolic OH excluding ortho intramolecular Hbond substituents is 2. The molecule has 2 aromatic carbocycles. The second-order valence-corrected chi connectivity index (χ2v) is 6.80. The van der Waals surface area contributed by atoms with E-state index in [1.807, 2.05) is 4.72 Å². The summed E-state index contributed by atoms with van der Waals surface area (Å²) in [5, 5.41) is 28.4. The Morgan fingerprint density at radius 1 is 1.00 bits per heavy atom. The van der Waals surface area contributed by atoms with Gasteiger partial charge in [0.2, 0.25) is 0 Å². The third kappa shape index (κ3) is 4.57. The number of anilines is 1. The van der Waals surface area contributed by atoms with Crippen molar-refractivity contribution in [1.82, 2.24) is 0 Å². The number of carbonyl (C=O) groups is 1. The van der Waals surface area contributed by atoms with Crippen molar-refractivity contribution in [1.29, 1.82) is 0 Å². The molecule has 0 bridgehead atoms. The molecular weight excluding hydrogens is 360 g/mol. The molecule has 2 aromatic rings. The van der Waals surface area contributed by atoms with E-state index >= 15 is 0 Å². The number of halogens is 2. The monoisotopic (exact) mass is 373 g/mol. The molecule has 0 unspecified atom stereocenters. The number of aromatic hydroxyl groups is 2. The molecule has 0 aliphatic carbocycles. The first-order valence-electron chi connectivity index (χ1n) is 6.84. The van der Waals surface area contributed by atoms with Crippen LogP contribution in [-0.2, 0) is 21.2 Å². The van der Waals surface area contributed by atoms with Crippen LogP contribution in [0.2, 0.25) is 0 Å². The molecule has 25 heavy (non-hydrogen) atoms. The van der Waals surface area contributed by atoms with Crippen LogP contribution in [0.3, 0.4) is 0 Å². The van der Waals surface area contributed by atoms with Gasteiger partial charge in [0.05, 0.1) is 4.90 Å². The first-order chi connectivity index (χ1) is 11.6. The predicted molar refractivity (Wildman–Crippen MR) is 82.9 cm³/mol. The highest BCUT2D eigenvalue weighted by atomic mass is 32.2. The molecule has 0 aliphatic heterocycles. The van der Waals surface area contributed by atoms with Gasteiger partial charge in [0, 0.05) is 12.5 Å². The van der Waals surface area contributed by atoms with E-state index in [2.05, 4.69) is 0 Å². The molecular formula is C15H13F2NO6S.